The number of benzene rings is 2. The Balaban J connectivity index is 2.16. The van der Waals surface area contributed by atoms with Crippen LogP contribution in [0, 0.1) is 0 Å². The van der Waals surface area contributed by atoms with Gasteiger partial charge in [0.05, 0.1) is 5.60 Å². The van der Waals surface area contributed by atoms with Crippen molar-refractivity contribution in [3.8, 4) is 0 Å². The highest BCUT2D eigenvalue weighted by Gasteiger charge is 2.49. The van der Waals surface area contributed by atoms with E-state index in [1.165, 1.54) is 11.1 Å². The van der Waals surface area contributed by atoms with Gasteiger partial charge < -0.3 is 10.0 Å². The summed E-state index contributed by atoms with van der Waals surface area (Å²) < 4.78 is 0. The van der Waals surface area contributed by atoms with E-state index in [-0.39, 0.29) is 5.41 Å². The van der Waals surface area contributed by atoms with Crippen molar-refractivity contribution in [3.05, 3.63) is 71.3 Å². The van der Waals surface area contributed by atoms with Gasteiger partial charge in [-0.15, -0.1) is 0 Å². The minimum Gasteiger partial charge on any atom is -0.385 e. The third-order valence-corrected chi connectivity index (χ3v) is 4.98. The monoisotopic (exact) mass is 295 g/mol. The van der Waals surface area contributed by atoms with Gasteiger partial charge in [0, 0.05) is 5.41 Å². The zero-order valence-corrected chi connectivity index (χ0v) is 13.7. The average Bonchev–Trinajstić information content (AvgIpc) is 2.75. The van der Waals surface area contributed by atoms with Crippen molar-refractivity contribution in [3.63, 3.8) is 0 Å². The quantitative estimate of drug-likeness (QED) is 0.932. The highest BCUT2D eigenvalue weighted by atomic mass is 16.3. The standard InChI is InChI=1S/C20H25NO/c1-19(22)15-20(13-14-21(2)3,16-9-5-4-6-10-16)18-12-8-7-11-17(18)19/h4-12,22H,13-15H2,1-3H3. The van der Waals surface area contributed by atoms with E-state index in [9.17, 15) is 5.11 Å². The van der Waals surface area contributed by atoms with Crippen LogP contribution in [0.1, 0.15) is 36.5 Å². The molecule has 1 aliphatic carbocycles. The molecule has 0 spiro atoms. The van der Waals surface area contributed by atoms with Crippen molar-refractivity contribution in [2.24, 2.45) is 0 Å². The van der Waals surface area contributed by atoms with Crippen LogP contribution >= 0.6 is 0 Å². The Morgan fingerprint density at radius 3 is 2.18 bits per heavy atom. The number of hydrogen-bond donors (Lipinski definition) is 1. The second-order valence-corrected chi connectivity index (χ2v) is 7.00. The fourth-order valence-electron chi connectivity index (χ4n) is 3.94. The molecule has 0 saturated carbocycles. The van der Waals surface area contributed by atoms with Crippen LogP contribution in [-0.4, -0.2) is 30.6 Å². The lowest BCUT2D eigenvalue weighted by molar-refractivity contribution is 0.0440. The predicted molar refractivity (Wildman–Crippen MR) is 91.0 cm³/mol. The summed E-state index contributed by atoms with van der Waals surface area (Å²) in [4.78, 5) is 2.22. The average molecular weight is 295 g/mol. The Bertz CT molecular complexity index is 648. The molecule has 2 unspecified atom stereocenters. The molecule has 2 nitrogen and oxygen atoms in total. The maximum Gasteiger partial charge on any atom is 0.0883 e. The largest absolute Gasteiger partial charge is 0.385 e. The Kier molecular flexibility index (Phi) is 3.84. The van der Waals surface area contributed by atoms with E-state index in [1.807, 2.05) is 13.0 Å². The van der Waals surface area contributed by atoms with Gasteiger partial charge in [-0.3, -0.25) is 0 Å². The van der Waals surface area contributed by atoms with Crippen molar-refractivity contribution in [2.45, 2.75) is 30.8 Å². The predicted octanol–water partition coefficient (Wildman–Crippen LogP) is 3.54. The van der Waals surface area contributed by atoms with E-state index in [4.69, 9.17) is 0 Å². The third-order valence-electron chi connectivity index (χ3n) is 4.98. The van der Waals surface area contributed by atoms with Crippen LogP contribution < -0.4 is 0 Å². The van der Waals surface area contributed by atoms with Crippen LogP contribution in [-0.2, 0) is 11.0 Å². The molecule has 0 saturated heterocycles. The Morgan fingerprint density at radius 2 is 1.55 bits per heavy atom. The first-order valence-corrected chi connectivity index (χ1v) is 7.98. The first-order valence-electron chi connectivity index (χ1n) is 7.98. The maximum atomic E-state index is 11.0. The lowest BCUT2D eigenvalue weighted by Crippen LogP contribution is -2.32. The van der Waals surface area contributed by atoms with Gasteiger partial charge in [-0.1, -0.05) is 54.6 Å². The number of fused-ring (bicyclic) bond motifs is 1. The molecule has 0 aromatic heterocycles. The fourth-order valence-corrected chi connectivity index (χ4v) is 3.94. The summed E-state index contributed by atoms with van der Waals surface area (Å²) in [6.45, 7) is 2.95. The van der Waals surface area contributed by atoms with Gasteiger partial charge in [-0.2, -0.15) is 0 Å². The molecule has 0 aliphatic heterocycles. The molecule has 22 heavy (non-hydrogen) atoms. The van der Waals surface area contributed by atoms with Crippen LogP contribution in [0.3, 0.4) is 0 Å². The number of nitrogens with zero attached hydrogens (tertiary/aromatic N) is 1. The van der Waals surface area contributed by atoms with Crippen molar-refractivity contribution in [2.75, 3.05) is 20.6 Å². The minimum absolute atomic E-state index is 0.106. The van der Waals surface area contributed by atoms with Gasteiger partial charge in [0.25, 0.3) is 0 Å². The first-order chi connectivity index (χ1) is 10.5. The molecule has 116 valence electrons. The van der Waals surface area contributed by atoms with Gasteiger partial charge >= 0.3 is 0 Å². The molecule has 1 N–H and O–H groups in total. The summed E-state index contributed by atoms with van der Waals surface area (Å²) in [7, 11) is 4.22. The van der Waals surface area contributed by atoms with Crippen molar-refractivity contribution in [1.29, 1.82) is 0 Å². The van der Waals surface area contributed by atoms with E-state index in [2.05, 4.69) is 67.5 Å². The molecular formula is C20H25NO. The Labute approximate surface area is 133 Å². The Morgan fingerprint density at radius 1 is 0.955 bits per heavy atom. The molecule has 0 radical (unpaired) electrons. The molecule has 2 atom stereocenters. The molecule has 1 aliphatic rings. The van der Waals surface area contributed by atoms with Crippen LogP contribution in [0.2, 0.25) is 0 Å². The van der Waals surface area contributed by atoms with E-state index < -0.39 is 5.60 Å². The molecule has 3 rings (SSSR count). The maximum absolute atomic E-state index is 11.0. The molecule has 0 bridgehead atoms. The summed E-state index contributed by atoms with van der Waals surface area (Å²) in [6, 6.07) is 19.1. The molecule has 2 aromatic carbocycles. The summed E-state index contributed by atoms with van der Waals surface area (Å²) in [6.07, 6.45) is 1.76. The lowest BCUT2D eigenvalue weighted by atomic mass is 9.72. The zero-order chi connectivity index (χ0) is 15.8. The van der Waals surface area contributed by atoms with Gasteiger partial charge in [0.2, 0.25) is 0 Å². The molecule has 2 heteroatoms. The summed E-state index contributed by atoms with van der Waals surface area (Å²) in [5.41, 5.74) is 2.80. The normalized spacial score (nSPS) is 27.1. The van der Waals surface area contributed by atoms with Gasteiger partial charge in [-0.25, -0.2) is 0 Å². The SMILES string of the molecule is CN(C)CCC1(c2ccccc2)CC(C)(O)c2ccccc21. The first kappa shape index (κ1) is 15.3. The number of rotatable bonds is 4. The van der Waals surface area contributed by atoms with Crippen molar-refractivity contribution < 1.29 is 5.11 Å². The van der Waals surface area contributed by atoms with E-state index in [0.29, 0.717) is 0 Å². The fraction of sp³-hybridized carbons (Fsp3) is 0.400. The van der Waals surface area contributed by atoms with Crippen LogP contribution in [0.4, 0.5) is 0 Å². The zero-order valence-electron chi connectivity index (χ0n) is 13.7. The topological polar surface area (TPSA) is 23.5 Å². The highest BCUT2D eigenvalue weighted by Crippen LogP contribution is 2.53. The number of hydrogen-bond acceptors (Lipinski definition) is 2. The summed E-state index contributed by atoms with van der Waals surface area (Å²) in [5.74, 6) is 0. The minimum atomic E-state index is -0.765. The van der Waals surface area contributed by atoms with E-state index in [0.717, 1.165) is 24.9 Å². The Hall–Kier alpha value is -1.64. The van der Waals surface area contributed by atoms with Gasteiger partial charge in [0.1, 0.15) is 0 Å². The molecule has 0 heterocycles. The second-order valence-electron chi connectivity index (χ2n) is 7.00. The molecule has 2 aromatic rings. The van der Waals surface area contributed by atoms with Crippen molar-refractivity contribution in [1.82, 2.24) is 4.90 Å². The summed E-state index contributed by atoms with van der Waals surface area (Å²) >= 11 is 0. The van der Waals surface area contributed by atoms with Gasteiger partial charge in [-0.05, 0) is 57.1 Å². The smallest absolute Gasteiger partial charge is 0.0883 e. The summed E-state index contributed by atoms with van der Waals surface area (Å²) in [5, 5.41) is 11.0. The lowest BCUT2D eigenvalue weighted by Gasteiger charge is -2.33. The van der Waals surface area contributed by atoms with E-state index >= 15 is 0 Å². The van der Waals surface area contributed by atoms with Crippen LogP contribution in [0.25, 0.3) is 0 Å². The van der Waals surface area contributed by atoms with E-state index in [1.54, 1.807) is 0 Å². The molecular weight excluding hydrogens is 270 g/mol. The van der Waals surface area contributed by atoms with Crippen LogP contribution in [0.5, 0.6) is 0 Å². The molecule has 0 amide bonds. The van der Waals surface area contributed by atoms with Gasteiger partial charge in [0.15, 0.2) is 0 Å². The highest BCUT2D eigenvalue weighted by molar-refractivity contribution is 5.51. The second kappa shape index (κ2) is 5.53. The van der Waals surface area contributed by atoms with Crippen LogP contribution in [0.15, 0.2) is 54.6 Å². The third kappa shape index (κ3) is 2.47. The molecule has 0 fully saturated rings. The van der Waals surface area contributed by atoms with Crippen molar-refractivity contribution >= 4 is 0 Å². The number of aliphatic hydroxyl groups is 1.